The molecule has 1 saturated heterocycles. The van der Waals surface area contributed by atoms with Crippen LogP contribution in [0.2, 0.25) is 0 Å². The van der Waals surface area contributed by atoms with Crippen molar-refractivity contribution in [2.75, 3.05) is 17.3 Å². The summed E-state index contributed by atoms with van der Waals surface area (Å²) in [5, 5.41) is 22.1. The number of nitrogens with one attached hydrogen (secondary N) is 1. The van der Waals surface area contributed by atoms with Crippen LogP contribution in [0.1, 0.15) is 34.9 Å². The highest BCUT2D eigenvalue weighted by atomic mass is 32.2. The fraction of sp³-hybridized carbons (Fsp3) is 0.182. The molecule has 1 heterocycles. The maximum absolute atomic E-state index is 13.6. The molecule has 0 aromatic heterocycles. The number of carbonyl (C=O) groups is 3. The van der Waals surface area contributed by atoms with Crippen molar-refractivity contribution in [2.45, 2.75) is 23.4 Å². The van der Waals surface area contributed by atoms with Gasteiger partial charge in [-0.1, -0.05) is 54.6 Å². The van der Waals surface area contributed by atoms with Crippen LogP contribution >= 0.6 is 11.8 Å². The van der Waals surface area contributed by atoms with Crippen molar-refractivity contribution in [1.82, 2.24) is 5.32 Å². The summed E-state index contributed by atoms with van der Waals surface area (Å²) >= 11 is 1.27. The van der Waals surface area contributed by atoms with E-state index in [4.69, 9.17) is 4.74 Å². The van der Waals surface area contributed by atoms with Crippen LogP contribution in [-0.4, -0.2) is 45.6 Å². The molecule has 8 nitrogen and oxygen atoms in total. The van der Waals surface area contributed by atoms with Crippen molar-refractivity contribution in [2.24, 2.45) is 0 Å². The number of rotatable bonds is 12. The molecule has 1 aliphatic heterocycles. The fourth-order valence-electron chi connectivity index (χ4n) is 4.86. The summed E-state index contributed by atoms with van der Waals surface area (Å²) in [6.45, 7) is -0.417. The Bertz CT molecular complexity index is 1600. The van der Waals surface area contributed by atoms with E-state index in [1.165, 1.54) is 60.3 Å². The molecule has 3 unspecified atom stereocenters. The lowest BCUT2D eigenvalue weighted by atomic mass is 9.92. The number of aliphatic hydroxyl groups is 1. The number of benzene rings is 4. The number of hydrogen-bond donors (Lipinski definition) is 3. The molecule has 0 spiro atoms. The van der Waals surface area contributed by atoms with Gasteiger partial charge in [0.15, 0.2) is 12.6 Å². The van der Waals surface area contributed by atoms with Gasteiger partial charge in [-0.2, -0.15) is 0 Å². The van der Waals surface area contributed by atoms with E-state index in [1.54, 1.807) is 59.5 Å². The molecule has 4 atom stereocenters. The van der Waals surface area contributed by atoms with Crippen LogP contribution in [0.3, 0.4) is 0 Å². The number of aliphatic hydroxyl groups excluding tert-OH is 1. The van der Waals surface area contributed by atoms with E-state index >= 15 is 0 Å². The second-order valence-corrected chi connectivity index (χ2v) is 11.2. The minimum atomic E-state index is -1.22. The Hall–Kier alpha value is -4.74. The van der Waals surface area contributed by atoms with Gasteiger partial charge in [0.05, 0.1) is 12.1 Å². The molecule has 0 radical (unpaired) electrons. The number of nitrogens with zero attached hydrogens (tertiary/aromatic N) is 1. The second kappa shape index (κ2) is 13.7. The first kappa shape index (κ1) is 30.7. The summed E-state index contributed by atoms with van der Waals surface area (Å²) in [7, 11) is 0. The zero-order valence-electron chi connectivity index (χ0n) is 23.2. The Labute approximate surface area is 256 Å². The summed E-state index contributed by atoms with van der Waals surface area (Å²) in [6, 6.07) is 24.5. The highest BCUT2D eigenvalue weighted by Gasteiger charge is 2.49. The molecule has 1 aliphatic rings. The number of anilines is 1. The average Bonchev–Trinajstić information content (AvgIpc) is 3.03. The van der Waals surface area contributed by atoms with Gasteiger partial charge in [-0.3, -0.25) is 9.59 Å². The smallest absolute Gasteiger partial charge is 0.330 e. The molecule has 1 fully saturated rings. The largest absolute Gasteiger partial charge is 0.484 e. The number of β-lactam (4-membered cyclic amide) rings is 1. The number of thioether (sulfide) groups is 1. The molecule has 226 valence electrons. The zero-order valence-corrected chi connectivity index (χ0v) is 24.0. The van der Waals surface area contributed by atoms with Gasteiger partial charge in [0.1, 0.15) is 22.6 Å². The van der Waals surface area contributed by atoms with Crippen LogP contribution in [0, 0.1) is 11.6 Å². The maximum Gasteiger partial charge on any atom is 0.330 e. The number of hydrogen-bond acceptors (Lipinski definition) is 6. The molecule has 0 saturated carbocycles. The van der Waals surface area contributed by atoms with Crippen LogP contribution in [-0.2, 0) is 14.4 Å². The minimum Gasteiger partial charge on any atom is -0.484 e. The zero-order chi connectivity index (χ0) is 31.2. The predicted molar refractivity (Wildman–Crippen MR) is 161 cm³/mol. The molecule has 4 aromatic rings. The van der Waals surface area contributed by atoms with E-state index in [9.17, 15) is 33.4 Å². The standard InChI is InChI=1S/C33H28F2N2O6S/c34-23-10-6-20(7-11-23)27(38)19-44-31-30(37(32(31)40)25-14-12-24(35)13-15-25)22-8-16-26(17-9-22)43-18-28(39)36-29(33(41)42)21-4-2-1-3-5-21/h1-17,27,29-31,38H,18-19H2,(H,36,39)(H,41,42)/t27?,29-,30?,31?/m1/s1. The van der Waals surface area contributed by atoms with Gasteiger partial charge in [0.2, 0.25) is 5.91 Å². The van der Waals surface area contributed by atoms with Gasteiger partial charge in [0, 0.05) is 11.4 Å². The van der Waals surface area contributed by atoms with Crippen LogP contribution < -0.4 is 15.0 Å². The van der Waals surface area contributed by atoms with Gasteiger partial charge in [0.25, 0.3) is 5.91 Å². The monoisotopic (exact) mass is 618 g/mol. The molecular formula is C33H28F2N2O6S. The number of carboxylic acid groups (broad SMARTS) is 1. The highest BCUT2D eigenvalue weighted by Crippen LogP contribution is 2.46. The lowest BCUT2D eigenvalue weighted by Crippen LogP contribution is -2.57. The van der Waals surface area contributed by atoms with Crippen LogP contribution in [0.5, 0.6) is 5.75 Å². The maximum atomic E-state index is 13.6. The van der Waals surface area contributed by atoms with Gasteiger partial charge >= 0.3 is 5.97 Å². The SMILES string of the molecule is O=C(COc1ccc(C2C(SCC(O)c3ccc(F)cc3)C(=O)N2c2ccc(F)cc2)cc1)N[C@@H](C(=O)O)c1ccccc1. The molecule has 4 aromatic carbocycles. The number of halogens is 2. The average molecular weight is 619 g/mol. The first-order valence-electron chi connectivity index (χ1n) is 13.6. The fourth-order valence-corrected chi connectivity index (χ4v) is 6.16. The Balaban J connectivity index is 1.26. The number of aliphatic carboxylic acids is 1. The normalized spacial score (nSPS) is 17.3. The molecule has 0 bridgehead atoms. The molecule has 5 rings (SSSR count). The Morgan fingerprint density at radius 2 is 1.48 bits per heavy atom. The topological polar surface area (TPSA) is 116 Å². The van der Waals surface area contributed by atoms with Crippen molar-refractivity contribution in [3.63, 3.8) is 0 Å². The van der Waals surface area contributed by atoms with E-state index < -0.39 is 53.6 Å². The van der Waals surface area contributed by atoms with Crippen LogP contribution in [0.25, 0.3) is 0 Å². The predicted octanol–water partition coefficient (Wildman–Crippen LogP) is 5.21. The Morgan fingerprint density at radius 1 is 0.864 bits per heavy atom. The minimum absolute atomic E-state index is 0.187. The van der Waals surface area contributed by atoms with Crippen molar-refractivity contribution >= 4 is 35.2 Å². The Kier molecular flexibility index (Phi) is 9.56. The van der Waals surface area contributed by atoms with Gasteiger partial charge in [-0.15, -0.1) is 11.8 Å². The first-order valence-corrected chi connectivity index (χ1v) is 14.7. The molecule has 11 heteroatoms. The number of carboxylic acids is 1. The highest BCUT2D eigenvalue weighted by molar-refractivity contribution is 8.00. The summed E-state index contributed by atoms with van der Waals surface area (Å²) in [5.74, 6) is -2.34. The molecule has 3 N–H and O–H groups in total. The summed E-state index contributed by atoms with van der Waals surface area (Å²) in [5.41, 5.74) is 2.22. The van der Waals surface area contributed by atoms with Crippen molar-refractivity contribution in [1.29, 1.82) is 0 Å². The number of carbonyl (C=O) groups excluding carboxylic acids is 2. The van der Waals surface area contributed by atoms with Crippen molar-refractivity contribution in [3.8, 4) is 5.75 Å². The van der Waals surface area contributed by atoms with Crippen molar-refractivity contribution in [3.05, 3.63) is 131 Å². The van der Waals surface area contributed by atoms with Gasteiger partial charge in [-0.25, -0.2) is 13.6 Å². The lowest BCUT2D eigenvalue weighted by molar-refractivity contribution is -0.142. The van der Waals surface area contributed by atoms with E-state index in [-0.39, 0.29) is 11.7 Å². The second-order valence-electron chi connectivity index (χ2n) is 10.1. The number of amides is 2. The summed E-state index contributed by atoms with van der Waals surface area (Å²) in [6.07, 6.45) is -0.918. The quantitative estimate of drug-likeness (QED) is 0.187. The van der Waals surface area contributed by atoms with Gasteiger partial charge < -0.3 is 25.2 Å². The summed E-state index contributed by atoms with van der Waals surface area (Å²) < 4.78 is 32.5. The van der Waals surface area contributed by atoms with Crippen molar-refractivity contribution < 1.29 is 38.1 Å². The molecule has 0 aliphatic carbocycles. The Morgan fingerprint density at radius 3 is 2.09 bits per heavy atom. The molecular weight excluding hydrogens is 590 g/mol. The molecule has 2 amide bonds. The third kappa shape index (κ3) is 7.07. The van der Waals surface area contributed by atoms with E-state index in [0.29, 0.717) is 22.6 Å². The van der Waals surface area contributed by atoms with Gasteiger partial charge in [-0.05, 0) is 65.2 Å². The van der Waals surface area contributed by atoms with E-state index in [1.807, 2.05) is 0 Å². The third-order valence-electron chi connectivity index (χ3n) is 7.12. The van der Waals surface area contributed by atoms with Crippen LogP contribution in [0.4, 0.5) is 14.5 Å². The lowest BCUT2D eigenvalue weighted by Gasteiger charge is -2.47. The third-order valence-corrected chi connectivity index (χ3v) is 8.44. The first-order chi connectivity index (χ1) is 21.2. The number of ether oxygens (including phenoxy) is 1. The van der Waals surface area contributed by atoms with E-state index in [2.05, 4.69) is 5.32 Å². The van der Waals surface area contributed by atoms with Crippen LogP contribution in [0.15, 0.2) is 103 Å². The molecule has 44 heavy (non-hydrogen) atoms. The summed E-state index contributed by atoms with van der Waals surface area (Å²) in [4.78, 5) is 39.0. The van der Waals surface area contributed by atoms with E-state index in [0.717, 1.165) is 5.56 Å².